The van der Waals surface area contributed by atoms with E-state index in [0.717, 1.165) is 31.9 Å². The van der Waals surface area contributed by atoms with E-state index in [9.17, 15) is 13.6 Å². The molecule has 1 aromatic heterocycles. The third-order valence-corrected chi connectivity index (χ3v) is 3.72. The average molecular weight is 266 g/mol. The van der Waals surface area contributed by atoms with Gasteiger partial charge >= 0.3 is 0 Å². The quantitative estimate of drug-likeness (QED) is 0.768. The molecular formula is C14H16F2N2O. The lowest BCUT2D eigenvalue weighted by molar-refractivity contribution is 0.0733. The second kappa shape index (κ2) is 4.87. The summed E-state index contributed by atoms with van der Waals surface area (Å²) in [6.45, 7) is 1.33. The smallest absolute Gasteiger partial charge is 0.257 e. The average Bonchev–Trinajstić information content (AvgIpc) is 3.26. The molecule has 1 amide bonds. The van der Waals surface area contributed by atoms with Gasteiger partial charge < -0.3 is 4.90 Å². The Labute approximate surface area is 110 Å². The van der Waals surface area contributed by atoms with Crippen molar-refractivity contribution >= 4 is 5.91 Å². The van der Waals surface area contributed by atoms with Crippen LogP contribution in [0.3, 0.4) is 0 Å². The molecule has 5 heteroatoms. The standard InChI is InChI=1S/C14H16F2N2O/c15-12-11(5-6-17-13(12)16)14(19)18(7-9-1-2-9)8-10-3-4-10/h5-6,9-10H,1-4,7-8H2. The molecule has 19 heavy (non-hydrogen) atoms. The van der Waals surface area contributed by atoms with Gasteiger partial charge in [0.2, 0.25) is 5.95 Å². The Morgan fingerprint density at radius 3 is 2.32 bits per heavy atom. The Morgan fingerprint density at radius 1 is 1.21 bits per heavy atom. The fourth-order valence-corrected chi connectivity index (χ4v) is 2.22. The predicted octanol–water partition coefficient (Wildman–Crippen LogP) is 2.62. The molecule has 2 aliphatic rings. The lowest BCUT2D eigenvalue weighted by Crippen LogP contribution is -2.35. The van der Waals surface area contributed by atoms with E-state index in [0.29, 0.717) is 24.9 Å². The highest BCUT2D eigenvalue weighted by molar-refractivity contribution is 5.94. The van der Waals surface area contributed by atoms with Crippen LogP contribution in [-0.4, -0.2) is 28.9 Å². The van der Waals surface area contributed by atoms with Gasteiger partial charge in [0, 0.05) is 19.3 Å². The molecule has 0 bridgehead atoms. The number of pyridine rings is 1. The Balaban J connectivity index is 1.79. The van der Waals surface area contributed by atoms with Crippen LogP contribution in [0.15, 0.2) is 12.3 Å². The van der Waals surface area contributed by atoms with Gasteiger partial charge in [0.25, 0.3) is 5.91 Å². The number of nitrogens with zero attached hydrogens (tertiary/aromatic N) is 2. The Bertz CT molecular complexity index is 484. The maximum absolute atomic E-state index is 13.6. The summed E-state index contributed by atoms with van der Waals surface area (Å²) in [5.41, 5.74) is -0.200. The molecule has 0 radical (unpaired) electrons. The van der Waals surface area contributed by atoms with Gasteiger partial charge in [-0.25, -0.2) is 9.37 Å². The van der Waals surface area contributed by atoms with Crippen molar-refractivity contribution in [2.45, 2.75) is 25.7 Å². The molecule has 0 unspecified atom stereocenters. The van der Waals surface area contributed by atoms with Crippen LogP contribution >= 0.6 is 0 Å². The van der Waals surface area contributed by atoms with Gasteiger partial charge in [0.1, 0.15) is 0 Å². The molecular weight excluding hydrogens is 250 g/mol. The summed E-state index contributed by atoms with van der Waals surface area (Å²) in [6.07, 6.45) is 5.64. The Hall–Kier alpha value is -1.52. The molecule has 0 aliphatic heterocycles. The Morgan fingerprint density at radius 2 is 1.79 bits per heavy atom. The second-order valence-electron chi connectivity index (χ2n) is 5.56. The zero-order valence-corrected chi connectivity index (χ0v) is 10.6. The van der Waals surface area contributed by atoms with E-state index in [1.54, 1.807) is 4.90 Å². The van der Waals surface area contributed by atoms with Crippen molar-refractivity contribution in [3.05, 3.63) is 29.6 Å². The molecule has 0 spiro atoms. The van der Waals surface area contributed by atoms with Crippen LogP contribution in [0, 0.1) is 23.6 Å². The first-order chi connectivity index (χ1) is 9.15. The number of hydrogen-bond acceptors (Lipinski definition) is 2. The SMILES string of the molecule is O=C(c1ccnc(F)c1F)N(CC1CC1)CC1CC1. The highest BCUT2D eigenvalue weighted by Crippen LogP contribution is 2.34. The first kappa shape index (κ1) is 12.5. The van der Waals surface area contributed by atoms with E-state index < -0.39 is 17.7 Å². The van der Waals surface area contributed by atoms with Crippen LogP contribution < -0.4 is 0 Å². The maximum Gasteiger partial charge on any atom is 0.257 e. The van der Waals surface area contributed by atoms with Gasteiger partial charge in [-0.15, -0.1) is 0 Å². The number of hydrogen-bond donors (Lipinski definition) is 0. The van der Waals surface area contributed by atoms with E-state index in [4.69, 9.17) is 0 Å². The summed E-state index contributed by atoms with van der Waals surface area (Å²) in [5, 5.41) is 0. The van der Waals surface area contributed by atoms with Crippen LogP contribution in [0.25, 0.3) is 0 Å². The minimum absolute atomic E-state index is 0.200. The maximum atomic E-state index is 13.6. The fourth-order valence-electron chi connectivity index (χ4n) is 2.22. The van der Waals surface area contributed by atoms with Crippen LogP contribution in [0.2, 0.25) is 0 Å². The summed E-state index contributed by atoms with van der Waals surface area (Å²) in [6, 6.07) is 1.26. The summed E-state index contributed by atoms with van der Waals surface area (Å²) >= 11 is 0. The van der Waals surface area contributed by atoms with Gasteiger partial charge in [-0.05, 0) is 43.6 Å². The summed E-state index contributed by atoms with van der Waals surface area (Å²) in [5.74, 6) is -1.67. The van der Waals surface area contributed by atoms with E-state index >= 15 is 0 Å². The molecule has 2 saturated carbocycles. The third-order valence-electron chi connectivity index (χ3n) is 3.72. The first-order valence-electron chi connectivity index (χ1n) is 6.74. The highest BCUT2D eigenvalue weighted by atomic mass is 19.2. The van der Waals surface area contributed by atoms with Crippen molar-refractivity contribution < 1.29 is 13.6 Å². The summed E-state index contributed by atoms with van der Waals surface area (Å²) < 4.78 is 26.7. The van der Waals surface area contributed by atoms with Gasteiger partial charge in [-0.1, -0.05) is 0 Å². The van der Waals surface area contributed by atoms with Gasteiger partial charge in [0.15, 0.2) is 5.82 Å². The van der Waals surface area contributed by atoms with Crippen molar-refractivity contribution in [1.82, 2.24) is 9.88 Å². The van der Waals surface area contributed by atoms with Gasteiger partial charge in [-0.3, -0.25) is 4.79 Å². The zero-order valence-electron chi connectivity index (χ0n) is 10.6. The number of rotatable bonds is 5. The fraction of sp³-hybridized carbons (Fsp3) is 0.571. The molecule has 1 heterocycles. The third kappa shape index (κ3) is 2.91. The van der Waals surface area contributed by atoms with E-state index in [1.807, 2.05) is 0 Å². The molecule has 0 atom stereocenters. The second-order valence-corrected chi connectivity index (χ2v) is 5.56. The number of carbonyl (C=O) groups excluding carboxylic acids is 1. The predicted molar refractivity (Wildman–Crippen MR) is 65.5 cm³/mol. The summed E-state index contributed by atoms with van der Waals surface area (Å²) in [7, 11) is 0. The molecule has 102 valence electrons. The first-order valence-corrected chi connectivity index (χ1v) is 6.74. The van der Waals surface area contributed by atoms with Crippen molar-refractivity contribution in [2.75, 3.05) is 13.1 Å². The lowest BCUT2D eigenvalue weighted by Gasteiger charge is -2.22. The normalized spacial score (nSPS) is 18.4. The molecule has 0 N–H and O–H groups in total. The topological polar surface area (TPSA) is 33.2 Å². The number of carbonyl (C=O) groups is 1. The molecule has 2 fully saturated rings. The molecule has 3 rings (SSSR count). The Kier molecular flexibility index (Phi) is 3.21. The number of halogens is 2. The van der Waals surface area contributed by atoms with Crippen LogP contribution in [-0.2, 0) is 0 Å². The van der Waals surface area contributed by atoms with Gasteiger partial charge in [-0.2, -0.15) is 4.39 Å². The summed E-state index contributed by atoms with van der Waals surface area (Å²) in [4.78, 5) is 17.2. The van der Waals surface area contributed by atoms with E-state index in [1.165, 1.54) is 6.07 Å². The van der Waals surface area contributed by atoms with E-state index in [2.05, 4.69) is 4.98 Å². The van der Waals surface area contributed by atoms with Crippen LogP contribution in [0.4, 0.5) is 8.78 Å². The van der Waals surface area contributed by atoms with Crippen LogP contribution in [0.1, 0.15) is 36.0 Å². The zero-order chi connectivity index (χ0) is 13.4. The van der Waals surface area contributed by atoms with Gasteiger partial charge in [0.05, 0.1) is 5.56 Å². The van der Waals surface area contributed by atoms with Crippen molar-refractivity contribution in [1.29, 1.82) is 0 Å². The monoisotopic (exact) mass is 266 g/mol. The molecule has 0 aromatic carbocycles. The molecule has 2 aliphatic carbocycles. The van der Waals surface area contributed by atoms with E-state index in [-0.39, 0.29) is 5.56 Å². The van der Waals surface area contributed by atoms with Crippen LogP contribution in [0.5, 0.6) is 0 Å². The minimum Gasteiger partial charge on any atom is -0.338 e. The molecule has 1 aromatic rings. The highest BCUT2D eigenvalue weighted by Gasteiger charge is 2.33. The number of aromatic nitrogens is 1. The largest absolute Gasteiger partial charge is 0.338 e. The van der Waals surface area contributed by atoms with Crippen molar-refractivity contribution in [2.24, 2.45) is 11.8 Å². The number of amides is 1. The van der Waals surface area contributed by atoms with Crippen molar-refractivity contribution in [3.8, 4) is 0 Å². The lowest BCUT2D eigenvalue weighted by atomic mass is 10.2. The minimum atomic E-state index is -1.20. The molecule has 3 nitrogen and oxygen atoms in total. The van der Waals surface area contributed by atoms with Crippen molar-refractivity contribution in [3.63, 3.8) is 0 Å². The molecule has 0 saturated heterocycles.